The first-order valence-corrected chi connectivity index (χ1v) is 7.29. The van der Waals surface area contributed by atoms with Gasteiger partial charge in [-0.05, 0) is 28.4 Å². The highest BCUT2D eigenvalue weighted by molar-refractivity contribution is 9.10. The van der Waals surface area contributed by atoms with Crippen molar-refractivity contribution in [3.05, 3.63) is 22.3 Å². The predicted molar refractivity (Wildman–Crippen MR) is 79.6 cm³/mol. The standard InChI is InChI=1S/C13H17BrN4O2/c1-3-10-12(19)16-4-5-18(10)13(20)9-6-8(14)7-17-11(9)15-2/h6-7,10H,3-5H2,1-2H3,(H,15,17)(H,16,19). The van der Waals surface area contributed by atoms with Crippen LogP contribution in [0.2, 0.25) is 0 Å². The number of amides is 2. The Morgan fingerprint density at radius 2 is 2.40 bits per heavy atom. The van der Waals surface area contributed by atoms with E-state index >= 15 is 0 Å². The number of hydrogen-bond acceptors (Lipinski definition) is 4. The van der Waals surface area contributed by atoms with Crippen molar-refractivity contribution in [1.29, 1.82) is 0 Å². The van der Waals surface area contributed by atoms with Crippen molar-refractivity contribution in [3.63, 3.8) is 0 Å². The molecule has 6 nitrogen and oxygen atoms in total. The van der Waals surface area contributed by atoms with Crippen LogP contribution in [-0.4, -0.2) is 47.9 Å². The van der Waals surface area contributed by atoms with E-state index in [4.69, 9.17) is 0 Å². The second-order valence-corrected chi connectivity index (χ2v) is 5.43. The van der Waals surface area contributed by atoms with Crippen LogP contribution < -0.4 is 10.6 Å². The zero-order valence-corrected chi connectivity index (χ0v) is 13.0. The quantitative estimate of drug-likeness (QED) is 0.868. The monoisotopic (exact) mass is 340 g/mol. The Labute approximate surface area is 126 Å². The predicted octanol–water partition coefficient (Wildman–Crippen LogP) is 1.24. The van der Waals surface area contributed by atoms with E-state index in [1.54, 1.807) is 24.2 Å². The van der Waals surface area contributed by atoms with Crippen LogP contribution in [0.25, 0.3) is 0 Å². The Bertz CT molecular complexity index is 535. The summed E-state index contributed by atoms with van der Waals surface area (Å²) in [6.07, 6.45) is 2.22. The van der Waals surface area contributed by atoms with E-state index in [0.717, 1.165) is 4.47 Å². The molecule has 1 aliphatic heterocycles. The lowest BCUT2D eigenvalue weighted by Crippen LogP contribution is -2.57. The summed E-state index contributed by atoms with van der Waals surface area (Å²) in [5.74, 6) is 0.241. The van der Waals surface area contributed by atoms with Crippen LogP contribution in [0.1, 0.15) is 23.7 Å². The third-order valence-corrected chi connectivity index (χ3v) is 3.73. The number of halogens is 1. The molecule has 108 valence electrons. The lowest BCUT2D eigenvalue weighted by Gasteiger charge is -2.34. The minimum absolute atomic E-state index is 0.0962. The van der Waals surface area contributed by atoms with Crippen LogP contribution in [-0.2, 0) is 4.79 Å². The SMILES string of the molecule is CCC1C(=O)NCCN1C(=O)c1cc(Br)cnc1NC. The van der Waals surface area contributed by atoms with Crippen molar-refractivity contribution in [2.45, 2.75) is 19.4 Å². The fraction of sp³-hybridized carbons (Fsp3) is 0.462. The number of nitrogens with one attached hydrogen (secondary N) is 2. The molecule has 1 aromatic rings. The second-order valence-electron chi connectivity index (χ2n) is 4.51. The highest BCUT2D eigenvalue weighted by atomic mass is 79.9. The maximum Gasteiger partial charge on any atom is 0.258 e. The molecule has 0 aromatic carbocycles. The van der Waals surface area contributed by atoms with Crippen molar-refractivity contribution in [2.75, 3.05) is 25.5 Å². The van der Waals surface area contributed by atoms with Crippen LogP contribution in [0.3, 0.4) is 0 Å². The van der Waals surface area contributed by atoms with E-state index in [1.165, 1.54) is 0 Å². The maximum atomic E-state index is 12.7. The average molecular weight is 341 g/mol. The van der Waals surface area contributed by atoms with Gasteiger partial charge in [-0.25, -0.2) is 4.98 Å². The van der Waals surface area contributed by atoms with Crippen LogP contribution in [0.5, 0.6) is 0 Å². The van der Waals surface area contributed by atoms with Crippen LogP contribution in [0.4, 0.5) is 5.82 Å². The highest BCUT2D eigenvalue weighted by Crippen LogP contribution is 2.21. The topological polar surface area (TPSA) is 74.3 Å². The molecule has 1 aliphatic rings. The fourth-order valence-electron chi connectivity index (χ4n) is 2.32. The van der Waals surface area contributed by atoms with Crippen molar-refractivity contribution in [3.8, 4) is 0 Å². The Morgan fingerprint density at radius 1 is 1.65 bits per heavy atom. The highest BCUT2D eigenvalue weighted by Gasteiger charge is 2.33. The first-order chi connectivity index (χ1) is 9.58. The molecule has 1 atom stereocenters. The zero-order valence-electron chi connectivity index (χ0n) is 11.4. The number of carbonyl (C=O) groups excluding carboxylic acids is 2. The minimum atomic E-state index is -0.417. The van der Waals surface area contributed by atoms with E-state index in [0.29, 0.717) is 30.9 Å². The summed E-state index contributed by atoms with van der Waals surface area (Å²) in [6.45, 7) is 2.89. The van der Waals surface area contributed by atoms with Gasteiger partial charge in [-0.3, -0.25) is 9.59 Å². The first-order valence-electron chi connectivity index (χ1n) is 6.50. The third-order valence-electron chi connectivity index (χ3n) is 3.30. The van der Waals surface area contributed by atoms with Crippen LogP contribution in [0.15, 0.2) is 16.7 Å². The van der Waals surface area contributed by atoms with Gasteiger partial charge in [-0.2, -0.15) is 0 Å². The number of rotatable bonds is 3. The van der Waals surface area contributed by atoms with Gasteiger partial charge < -0.3 is 15.5 Å². The molecular formula is C13H17BrN4O2. The van der Waals surface area contributed by atoms with Gasteiger partial charge in [-0.15, -0.1) is 0 Å². The molecular weight excluding hydrogens is 324 g/mol. The Morgan fingerprint density at radius 3 is 3.05 bits per heavy atom. The molecule has 0 radical (unpaired) electrons. The van der Waals surface area contributed by atoms with Gasteiger partial charge >= 0.3 is 0 Å². The van der Waals surface area contributed by atoms with Crippen LogP contribution in [0, 0.1) is 0 Å². The van der Waals surface area contributed by atoms with Gasteiger partial charge in [0.2, 0.25) is 5.91 Å². The number of anilines is 1. The second kappa shape index (κ2) is 6.21. The number of nitrogens with zero attached hydrogens (tertiary/aromatic N) is 2. The van der Waals surface area contributed by atoms with Gasteiger partial charge in [0.25, 0.3) is 5.91 Å². The van der Waals surface area contributed by atoms with E-state index in [-0.39, 0.29) is 11.8 Å². The number of pyridine rings is 1. The average Bonchev–Trinajstić information content (AvgIpc) is 2.46. The summed E-state index contributed by atoms with van der Waals surface area (Å²) in [6, 6.07) is 1.31. The summed E-state index contributed by atoms with van der Waals surface area (Å²) < 4.78 is 0.731. The van der Waals surface area contributed by atoms with Crippen molar-refractivity contribution in [1.82, 2.24) is 15.2 Å². The maximum absolute atomic E-state index is 12.7. The molecule has 20 heavy (non-hydrogen) atoms. The Hall–Kier alpha value is -1.63. The molecule has 2 N–H and O–H groups in total. The molecule has 1 saturated heterocycles. The van der Waals surface area contributed by atoms with Crippen molar-refractivity contribution in [2.24, 2.45) is 0 Å². The number of carbonyl (C=O) groups is 2. The Balaban J connectivity index is 2.34. The minimum Gasteiger partial charge on any atom is -0.372 e. The molecule has 0 bridgehead atoms. The molecule has 0 aliphatic carbocycles. The van der Waals surface area contributed by atoms with Crippen LogP contribution >= 0.6 is 15.9 Å². The third kappa shape index (κ3) is 2.77. The van der Waals surface area contributed by atoms with Gasteiger partial charge in [0.15, 0.2) is 0 Å². The molecule has 7 heteroatoms. The number of piperazine rings is 1. The molecule has 0 spiro atoms. The molecule has 0 saturated carbocycles. The number of aromatic nitrogens is 1. The Kier molecular flexibility index (Phi) is 4.59. The smallest absolute Gasteiger partial charge is 0.258 e. The van der Waals surface area contributed by atoms with E-state index in [9.17, 15) is 9.59 Å². The normalized spacial score (nSPS) is 18.6. The molecule has 1 aromatic heterocycles. The molecule has 2 amide bonds. The summed E-state index contributed by atoms with van der Waals surface area (Å²) in [4.78, 5) is 30.3. The summed E-state index contributed by atoms with van der Waals surface area (Å²) in [7, 11) is 1.72. The zero-order chi connectivity index (χ0) is 14.7. The van der Waals surface area contributed by atoms with Gasteiger partial charge in [0, 0.05) is 30.8 Å². The fourth-order valence-corrected chi connectivity index (χ4v) is 2.65. The van der Waals surface area contributed by atoms with E-state index in [2.05, 4.69) is 31.5 Å². The van der Waals surface area contributed by atoms with E-state index in [1.807, 2.05) is 6.92 Å². The summed E-state index contributed by atoms with van der Waals surface area (Å²) in [5.41, 5.74) is 0.468. The van der Waals surface area contributed by atoms with Crippen molar-refractivity contribution < 1.29 is 9.59 Å². The lowest BCUT2D eigenvalue weighted by atomic mass is 10.1. The van der Waals surface area contributed by atoms with Gasteiger partial charge in [0.1, 0.15) is 11.9 Å². The largest absolute Gasteiger partial charge is 0.372 e. The molecule has 1 fully saturated rings. The molecule has 1 unspecified atom stereocenters. The van der Waals surface area contributed by atoms with E-state index < -0.39 is 6.04 Å². The summed E-state index contributed by atoms with van der Waals surface area (Å²) >= 11 is 3.32. The summed E-state index contributed by atoms with van der Waals surface area (Å²) in [5, 5.41) is 5.69. The molecule has 2 heterocycles. The van der Waals surface area contributed by atoms with Crippen molar-refractivity contribution >= 4 is 33.6 Å². The first kappa shape index (κ1) is 14.8. The van der Waals surface area contributed by atoms with Gasteiger partial charge in [0.05, 0.1) is 5.56 Å². The van der Waals surface area contributed by atoms with Gasteiger partial charge in [-0.1, -0.05) is 6.92 Å². The lowest BCUT2D eigenvalue weighted by molar-refractivity contribution is -0.127. The number of hydrogen-bond donors (Lipinski definition) is 2. The molecule has 2 rings (SSSR count).